The van der Waals surface area contributed by atoms with Gasteiger partial charge in [-0.3, -0.25) is 4.79 Å². The van der Waals surface area contributed by atoms with Crippen molar-refractivity contribution in [3.63, 3.8) is 0 Å². The number of aryl methyl sites for hydroxylation is 1. The van der Waals surface area contributed by atoms with Crippen LogP contribution in [0.1, 0.15) is 31.7 Å². The van der Waals surface area contributed by atoms with E-state index in [0.717, 1.165) is 22.4 Å². The molecule has 2 aromatic carbocycles. The first-order valence-electron chi connectivity index (χ1n) is 8.95. The first-order chi connectivity index (χ1) is 13.2. The number of carbonyl (C=O) groups is 1. The van der Waals surface area contributed by atoms with E-state index in [1.165, 1.54) is 0 Å². The standard InChI is InChI=1S/C21H22Cl2N2O3/c1-13-24-19-17(25(13)12-14-7-8-15(22)11-16(14)23)5-4-6-18(19)28-10-9-21(2,3)20(26)27/h4-8,11H,9-10,12H2,1-3H3,(H,26,27). The van der Waals surface area contributed by atoms with Gasteiger partial charge in [-0.2, -0.15) is 0 Å². The van der Waals surface area contributed by atoms with Crippen LogP contribution in [0.25, 0.3) is 11.0 Å². The van der Waals surface area contributed by atoms with Crippen LogP contribution in [0.15, 0.2) is 36.4 Å². The lowest BCUT2D eigenvalue weighted by atomic mass is 9.90. The molecule has 0 amide bonds. The van der Waals surface area contributed by atoms with E-state index in [1.807, 2.05) is 37.3 Å². The minimum absolute atomic E-state index is 0.299. The van der Waals surface area contributed by atoms with Crippen molar-refractivity contribution in [2.75, 3.05) is 6.61 Å². The Labute approximate surface area is 173 Å². The van der Waals surface area contributed by atoms with Crippen LogP contribution in [0.5, 0.6) is 5.75 Å². The highest BCUT2D eigenvalue weighted by molar-refractivity contribution is 6.35. The minimum Gasteiger partial charge on any atom is -0.491 e. The van der Waals surface area contributed by atoms with Crippen molar-refractivity contribution in [3.8, 4) is 5.75 Å². The summed E-state index contributed by atoms with van der Waals surface area (Å²) in [6, 6.07) is 11.2. The molecule has 1 aromatic heterocycles. The predicted octanol–water partition coefficient (Wildman–Crippen LogP) is 5.58. The van der Waals surface area contributed by atoms with Gasteiger partial charge >= 0.3 is 5.97 Å². The van der Waals surface area contributed by atoms with Gasteiger partial charge in [-0.1, -0.05) is 35.3 Å². The molecule has 0 radical (unpaired) electrons. The number of halogens is 2. The third kappa shape index (κ3) is 4.26. The molecule has 3 aromatic rings. The lowest BCUT2D eigenvalue weighted by molar-refractivity contribution is -0.147. The molecule has 0 spiro atoms. The van der Waals surface area contributed by atoms with Crippen LogP contribution >= 0.6 is 23.2 Å². The summed E-state index contributed by atoms with van der Waals surface area (Å²) in [5, 5.41) is 10.4. The van der Waals surface area contributed by atoms with Gasteiger partial charge in [0.25, 0.3) is 0 Å². The van der Waals surface area contributed by atoms with Crippen molar-refractivity contribution < 1.29 is 14.6 Å². The van der Waals surface area contributed by atoms with E-state index < -0.39 is 11.4 Å². The second kappa shape index (κ2) is 8.02. The highest BCUT2D eigenvalue weighted by Gasteiger charge is 2.27. The fraction of sp³-hybridized carbons (Fsp3) is 0.333. The maximum absolute atomic E-state index is 11.3. The topological polar surface area (TPSA) is 64.3 Å². The molecule has 28 heavy (non-hydrogen) atoms. The molecule has 148 valence electrons. The highest BCUT2D eigenvalue weighted by atomic mass is 35.5. The van der Waals surface area contributed by atoms with Crippen molar-refractivity contribution in [2.24, 2.45) is 5.41 Å². The van der Waals surface area contributed by atoms with Crippen LogP contribution in [0.3, 0.4) is 0 Å². The SMILES string of the molecule is Cc1nc2c(OCCC(C)(C)C(=O)O)cccc2n1Cc1ccc(Cl)cc1Cl. The van der Waals surface area contributed by atoms with Crippen LogP contribution in [-0.4, -0.2) is 27.2 Å². The number of benzene rings is 2. The number of fused-ring (bicyclic) bond motifs is 1. The average molecular weight is 421 g/mol. The first kappa shape index (κ1) is 20.5. The zero-order valence-electron chi connectivity index (χ0n) is 16.0. The molecule has 7 heteroatoms. The van der Waals surface area contributed by atoms with Crippen molar-refractivity contribution >= 4 is 40.2 Å². The Morgan fingerprint density at radius 2 is 2.00 bits per heavy atom. The molecule has 0 aliphatic carbocycles. The predicted molar refractivity (Wildman–Crippen MR) is 112 cm³/mol. The van der Waals surface area contributed by atoms with Crippen LogP contribution in [0.4, 0.5) is 0 Å². The largest absolute Gasteiger partial charge is 0.491 e. The smallest absolute Gasteiger partial charge is 0.309 e. The zero-order chi connectivity index (χ0) is 20.5. The van der Waals surface area contributed by atoms with E-state index in [2.05, 4.69) is 9.55 Å². The molecule has 3 rings (SSSR count). The number of aromatic nitrogens is 2. The third-order valence-electron chi connectivity index (χ3n) is 4.84. The number of nitrogens with zero attached hydrogens (tertiary/aromatic N) is 2. The fourth-order valence-electron chi connectivity index (χ4n) is 2.90. The quantitative estimate of drug-likeness (QED) is 0.541. The lowest BCUT2D eigenvalue weighted by Crippen LogP contribution is -2.25. The van der Waals surface area contributed by atoms with E-state index >= 15 is 0 Å². The van der Waals surface area contributed by atoms with E-state index in [0.29, 0.717) is 35.4 Å². The zero-order valence-corrected chi connectivity index (χ0v) is 17.5. The van der Waals surface area contributed by atoms with Crippen LogP contribution in [0.2, 0.25) is 10.0 Å². The number of carboxylic acid groups (broad SMARTS) is 1. The molecule has 1 N–H and O–H groups in total. The Bertz CT molecular complexity index is 1030. The molecule has 0 aliphatic heterocycles. The number of para-hydroxylation sites is 1. The normalized spacial score (nSPS) is 11.8. The molecule has 0 bridgehead atoms. The van der Waals surface area contributed by atoms with Crippen LogP contribution in [-0.2, 0) is 11.3 Å². The monoisotopic (exact) mass is 420 g/mol. The Balaban J connectivity index is 1.86. The highest BCUT2D eigenvalue weighted by Crippen LogP contribution is 2.29. The number of imidazole rings is 1. The summed E-state index contributed by atoms with van der Waals surface area (Å²) in [7, 11) is 0. The second-order valence-electron chi connectivity index (χ2n) is 7.39. The summed E-state index contributed by atoms with van der Waals surface area (Å²) >= 11 is 12.3. The van der Waals surface area contributed by atoms with Crippen molar-refractivity contribution in [3.05, 3.63) is 57.8 Å². The number of carboxylic acids is 1. The maximum Gasteiger partial charge on any atom is 0.309 e. The van der Waals surface area contributed by atoms with Crippen LogP contribution in [0, 0.1) is 12.3 Å². The molecule has 0 fully saturated rings. The van der Waals surface area contributed by atoms with Gasteiger partial charge < -0.3 is 14.4 Å². The Morgan fingerprint density at radius 1 is 1.25 bits per heavy atom. The summed E-state index contributed by atoms with van der Waals surface area (Å²) < 4.78 is 7.95. The fourth-order valence-corrected chi connectivity index (χ4v) is 3.37. The van der Waals surface area contributed by atoms with Crippen molar-refractivity contribution in [1.82, 2.24) is 9.55 Å². The minimum atomic E-state index is -0.839. The lowest BCUT2D eigenvalue weighted by Gasteiger charge is -2.19. The number of aliphatic carboxylic acids is 1. The molecule has 0 atom stereocenters. The molecule has 0 aliphatic rings. The summed E-state index contributed by atoms with van der Waals surface area (Å²) in [6.45, 7) is 6.17. The van der Waals surface area contributed by atoms with E-state index in [1.54, 1.807) is 19.9 Å². The molecular weight excluding hydrogens is 399 g/mol. The van der Waals surface area contributed by atoms with Gasteiger partial charge in [-0.05, 0) is 57.0 Å². The van der Waals surface area contributed by atoms with E-state index in [4.69, 9.17) is 27.9 Å². The Hall–Kier alpha value is -2.24. The molecular formula is C21H22Cl2N2O3. The molecule has 1 heterocycles. The molecule has 0 saturated carbocycles. The van der Waals surface area contributed by atoms with E-state index in [9.17, 15) is 9.90 Å². The summed E-state index contributed by atoms with van der Waals surface area (Å²) in [6.07, 6.45) is 0.402. The van der Waals surface area contributed by atoms with Crippen molar-refractivity contribution in [2.45, 2.75) is 33.7 Å². The van der Waals surface area contributed by atoms with E-state index in [-0.39, 0.29) is 0 Å². The van der Waals surface area contributed by atoms with Gasteiger partial charge in [0, 0.05) is 10.0 Å². The second-order valence-corrected chi connectivity index (χ2v) is 8.24. The maximum atomic E-state index is 11.3. The summed E-state index contributed by atoms with van der Waals surface area (Å²) in [5.74, 6) is 0.639. The summed E-state index contributed by atoms with van der Waals surface area (Å²) in [4.78, 5) is 15.9. The third-order valence-corrected chi connectivity index (χ3v) is 5.43. The first-order valence-corrected chi connectivity index (χ1v) is 9.70. The molecule has 0 unspecified atom stereocenters. The number of hydrogen-bond donors (Lipinski definition) is 1. The number of ether oxygens (including phenoxy) is 1. The van der Waals surface area contributed by atoms with Gasteiger partial charge in [0.2, 0.25) is 0 Å². The Morgan fingerprint density at radius 3 is 2.68 bits per heavy atom. The van der Waals surface area contributed by atoms with Gasteiger partial charge in [0.05, 0.1) is 24.1 Å². The van der Waals surface area contributed by atoms with Gasteiger partial charge in [0.1, 0.15) is 17.1 Å². The Kier molecular flexibility index (Phi) is 5.87. The van der Waals surface area contributed by atoms with Gasteiger partial charge in [-0.15, -0.1) is 0 Å². The number of rotatable bonds is 7. The van der Waals surface area contributed by atoms with Crippen LogP contribution < -0.4 is 4.74 Å². The van der Waals surface area contributed by atoms with Crippen molar-refractivity contribution in [1.29, 1.82) is 0 Å². The van der Waals surface area contributed by atoms with Gasteiger partial charge in [-0.25, -0.2) is 4.98 Å². The molecule has 0 saturated heterocycles. The number of hydrogen-bond acceptors (Lipinski definition) is 3. The summed E-state index contributed by atoms with van der Waals surface area (Å²) in [5.41, 5.74) is 1.79. The van der Waals surface area contributed by atoms with Gasteiger partial charge in [0.15, 0.2) is 0 Å². The average Bonchev–Trinajstić information content (AvgIpc) is 2.93. The molecule has 5 nitrogen and oxygen atoms in total.